The number of aromatic amines is 1. The molecule has 0 aliphatic carbocycles. The average molecular weight is 607 g/mol. The summed E-state index contributed by atoms with van der Waals surface area (Å²) in [6.45, 7) is 4.32. The Morgan fingerprint density at radius 2 is 1.75 bits per heavy atom. The first kappa shape index (κ1) is 29.9. The first-order chi connectivity index (χ1) is 21.0. The molecule has 1 fully saturated rings. The molecule has 44 heavy (non-hydrogen) atoms. The maximum atomic E-state index is 13.0. The number of hydrogen-bond acceptors (Lipinski definition) is 14. The molecule has 0 bridgehead atoms. The molecule has 1 saturated heterocycles. The lowest BCUT2D eigenvalue weighted by molar-refractivity contribution is -0.166. The highest BCUT2D eigenvalue weighted by Crippen LogP contribution is 2.39. The first-order valence-corrected chi connectivity index (χ1v) is 13.2. The second-order valence-electron chi connectivity index (χ2n) is 9.65. The van der Waals surface area contributed by atoms with Gasteiger partial charge in [0.05, 0.1) is 11.2 Å². The summed E-state index contributed by atoms with van der Waals surface area (Å²) in [5, 5.41) is 11.7. The zero-order valence-corrected chi connectivity index (χ0v) is 23.8. The zero-order valence-electron chi connectivity index (χ0n) is 23.8. The van der Waals surface area contributed by atoms with Crippen LogP contribution in [-0.2, 0) is 38.1 Å². The number of carbonyl (C=O) groups is 4. The summed E-state index contributed by atoms with van der Waals surface area (Å²) in [5.41, 5.74) is 0.0679. The van der Waals surface area contributed by atoms with E-state index in [1.807, 2.05) is 6.07 Å². The van der Waals surface area contributed by atoms with E-state index in [-0.39, 0.29) is 29.7 Å². The molecule has 228 valence electrons. The molecule has 1 aliphatic heterocycles. The Labute approximate surface area is 247 Å². The quantitative estimate of drug-likeness (QED) is 0.168. The highest BCUT2D eigenvalue weighted by atomic mass is 16.7. The lowest BCUT2D eigenvalue weighted by atomic mass is 10.1. The number of carbonyl (C=O) groups excluding carboxylic acids is 4. The Kier molecular flexibility index (Phi) is 8.38. The minimum absolute atomic E-state index is 0.133. The van der Waals surface area contributed by atoms with Gasteiger partial charge in [-0.2, -0.15) is 4.98 Å². The Morgan fingerprint density at radius 3 is 2.45 bits per heavy atom. The number of pyridine rings is 1. The predicted molar refractivity (Wildman–Crippen MR) is 150 cm³/mol. The number of fused-ring (bicyclic) bond motifs is 2. The summed E-state index contributed by atoms with van der Waals surface area (Å²) in [6, 6.07) is 8.77. The maximum Gasteiger partial charge on any atom is 0.303 e. The number of aromatic nitrogens is 5. The molecule has 17 heteroatoms. The number of esters is 3. The van der Waals surface area contributed by atoms with E-state index in [0.717, 1.165) is 24.8 Å². The third kappa shape index (κ3) is 6.41. The van der Waals surface area contributed by atoms with Crippen LogP contribution < -0.4 is 10.9 Å². The van der Waals surface area contributed by atoms with Crippen LogP contribution in [0.4, 0.5) is 17.6 Å². The fraction of sp³-hybridized carbons (Fsp3) is 0.333. The molecule has 3 aromatic heterocycles. The van der Waals surface area contributed by atoms with Gasteiger partial charge < -0.3 is 18.9 Å². The van der Waals surface area contributed by atoms with E-state index in [1.54, 1.807) is 30.5 Å². The van der Waals surface area contributed by atoms with Crippen molar-refractivity contribution < 1.29 is 38.1 Å². The molecular formula is C27H26N8O9. The van der Waals surface area contributed by atoms with E-state index >= 15 is 0 Å². The Morgan fingerprint density at radius 1 is 1.00 bits per heavy atom. The van der Waals surface area contributed by atoms with Crippen molar-refractivity contribution in [1.82, 2.24) is 24.5 Å². The first-order valence-electron chi connectivity index (χ1n) is 13.2. The Bertz CT molecular complexity index is 1870. The van der Waals surface area contributed by atoms with Crippen molar-refractivity contribution in [3.8, 4) is 0 Å². The third-order valence-electron chi connectivity index (χ3n) is 6.26. The van der Waals surface area contributed by atoms with E-state index in [2.05, 4.69) is 35.5 Å². The summed E-state index contributed by atoms with van der Waals surface area (Å²) in [6.07, 6.45) is -3.44. The van der Waals surface area contributed by atoms with E-state index in [1.165, 1.54) is 18.4 Å². The van der Waals surface area contributed by atoms with Crippen LogP contribution in [0.15, 0.2) is 51.6 Å². The summed E-state index contributed by atoms with van der Waals surface area (Å²) in [4.78, 5) is 76.0. The van der Waals surface area contributed by atoms with E-state index in [0.29, 0.717) is 5.69 Å². The van der Waals surface area contributed by atoms with Crippen LogP contribution in [-0.4, -0.2) is 73.2 Å². The van der Waals surface area contributed by atoms with Gasteiger partial charge in [0.1, 0.15) is 12.7 Å². The van der Waals surface area contributed by atoms with Gasteiger partial charge in [-0.15, -0.1) is 10.2 Å². The van der Waals surface area contributed by atoms with Gasteiger partial charge in [-0.25, -0.2) is 4.98 Å². The van der Waals surface area contributed by atoms with Crippen LogP contribution in [0.3, 0.4) is 0 Å². The number of nitrogens with one attached hydrogen (secondary N) is 2. The molecule has 1 unspecified atom stereocenters. The number of H-pyrrole nitrogens is 1. The summed E-state index contributed by atoms with van der Waals surface area (Å²) >= 11 is 0. The molecular weight excluding hydrogens is 580 g/mol. The van der Waals surface area contributed by atoms with Crippen LogP contribution in [0.5, 0.6) is 0 Å². The van der Waals surface area contributed by atoms with Crippen molar-refractivity contribution in [2.75, 3.05) is 11.9 Å². The van der Waals surface area contributed by atoms with Crippen LogP contribution in [0.2, 0.25) is 0 Å². The van der Waals surface area contributed by atoms with Gasteiger partial charge >= 0.3 is 17.9 Å². The van der Waals surface area contributed by atoms with Gasteiger partial charge in [0.25, 0.3) is 11.5 Å². The topological polar surface area (TPSA) is 218 Å². The molecule has 2 N–H and O–H groups in total. The van der Waals surface area contributed by atoms with Crippen LogP contribution >= 0.6 is 0 Å². The lowest BCUT2D eigenvalue weighted by Crippen LogP contribution is -2.40. The second-order valence-corrected chi connectivity index (χ2v) is 9.65. The minimum atomic E-state index is -1.37. The maximum absolute atomic E-state index is 13.0. The SMILES string of the molecule is CC(=O)Nc1nc2c(nc(N=Nc3ccc4ncccc4c3)n2[C@@H]2O[C@H](COC(C)=O)C(OC(C)=O)[C@@H]2OC(C)=O)c(=O)[nH]1. The number of azo groups is 1. The number of amides is 1. The van der Waals surface area contributed by atoms with Crippen molar-refractivity contribution in [2.24, 2.45) is 10.2 Å². The number of rotatable bonds is 8. The van der Waals surface area contributed by atoms with E-state index < -0.39 is 53.9 Å². The molecule has 0 spiro atoms. The largest absolute Gasteiger partial charge is 0.463 e. The average Bonchev–Trinajstić information content (AvgIpc) is 3.47. The van der Waals surface area contributed by atoms with Gasteiger partial charge in [0, 0.05) is 39.3 Å². The van der Waals surface area contributed by atoms with Crippen LogP contribution in [0.1, 0.15) is 33.9 Å². The van der Waals surface area contributed by atoms with Crippen molar-refractivity contribution in [3.63, 3.8) is 0 Å². The number of benzene rings is 1. The number of hydrogen-bond donors (Lipinski definition) is 2. The standard InChI is InChI=1S/C27H26N8O9/c1-12(36)29-26-31-23-20(24(40)32-26)30-27(34-33-17-7-8-18-16(10-17)6-5-9-28-18)35(23)25-22(43-15(4)39)21(42-14(3)38)19(44-25)11-41-13(2)37/h5-10,19,21-22,25H,11H2,1-4H3,(H2,29,31,32,36,40)/t19-,21?,22+,25-/m1/s1. The number of nitrogens with zero attached hydrogens (tertiary/aromatic N) is 6. The van der Waals surface area contributed by atoms with Gasteiger partial charge in [-0.05, 0) is 24.3 Å². The molecule has 4 aromatic rings. The molecule has 4 heterocycles. The number of imidazole rings is 1. The Balaban J connectivity index is 1.68. The van der Waals surface area contributed by atoms with Gasteiger partial charge in [-0.1, -0.05) is 6.07 Å². The highest BCUT2D eigenvalue weighted by Gasteiger charge is 2.52. The predicted octanol–water partition coefficient (Wildman–Crippen LogP) is 2.37. The molecule has 1 aromatic carbocycles. The van der Waals surface area contributed by atoms with Crippen molar-refractivity contribution in [2.45, 2.75) is 52.2 Å². The summed E-state index contributed by atoms with van der Waals surface area (Å²) in [7, 11) is 0. The third-order valence-corrected chi connectivity index (χ3v) is 6.26. The van der Waals surface area contributed by atoms with Crippen molar-refractivity contribution in [3.05, 3.63) is 46.9 Å². The normalized spacial score (nSPS) is 19.7. The molecule has 1 amide bonds. The summed E-state index contributed by atoms with van der Waals surface area (Å²) in [5.74, 6) is -3.05. The minimum Gasteiger partial charge on any atom is -0.463 e. The molecule has 5 rings (SSSR count). The fourth-order valence-electron chi connectivity index (χ4n) is 4.63. The lowest BCUT2D eigenvalue weighted by Gasteiger charge is -2.24. The number of anilines is 1. The van der Waals surface area contributed by atoms with Gasteiger partial charge in [-0.3, -0.25) is 43.8 Å². The molecule has 0 saturated carbocycles. The number of ether oxygens (including phenoxy) is 4. The summed E-state index contributed by atoms with van der Waals surface area (Å²) < 4.78 is 23.5. The van der Waals surface area contributed by atoms with Gasteiger partial charge in [0.15, 0.2) is 29.6 Å². The van der Waals surface area contributed by atoms with E-state index in [9.17, 15) is 24.0 Å². The van der Waals surface area contributed by atoms with Crippen molar-refractivity contribution in [1.29, 1.82) is 0 Å². The monoisotopic (exact) mass is 606 g/mol. The fourth-order valence-corrected chi connectivity index (χ4v) is 4.63. The van der Waals surface area contributed by atoms with Crippen molar-refractivity contribution >= 4 is 63.5 Å². The second kappa shape index (κ2) is 12.3. The Hall–Kier alpha value is -5.58. The smallest absolute Gasteiger partial charge is 0.303 e. The molecule has 17 nitrogen and oxygen atoms in total. The zero-order chi connectivity index (χ0) is 31.5. The van der Waals surface area contributed by atoms with E-state index in [4.69, 9.17) is 18.9 Å². The van der Waals surface area contributed by atoms with Gasteiger partial charge in [0.2, 0.25) is 11.9 Å². The molecule has 4 atom stereocenters. The molecule has 0 radical (unpaired) electrons. The highest BCUT2D eigenvalue weighted by molar-refractivity contribution is 5.87. The van der Waals surface area contributed by atoms with Crippen LogP contribution in [0.25, 0.3) is 22.1 Å². The molecule has 1 aliphatic rings. The van der Waals surface area contributed by atoms with Crippen LogP contribution in [0, 0.1) is 0 Å².